The van der Waals surface area contributed by atoms with Crippen LogP contribution >= 0.6 is 0 Å². The SMILES string of the molecule is COCCN(CC(=O)O)C(=O)N1CCCN(C)CC1C. The quantitative estimate of drug-likeness (QED) is 0.780. The van der Waals surface area contributed by atoms with E-state index in [1.165, 1.54) is 12.0 Å². The second-order valence-electron chi connectivity index (χ2n) is 5.25. The molecule has 1 saturated heterocycles. The van der Waals surface area contributed by atoms with Crippen LogP contribution in [0.15, 0.2) is 0 Å². The largest absolute Gasteiger partial charge is 0.480 e. The van der Waals surface area contributed by atoms with Crippen molar-refractivity contribution in [2.75, 3.05) is 53.5 Å². The van der Waals surface area contributed by atoms with E-state index in [4.69, 9.17) is 9.84 Å². The molecule has 116 valence electrons. The van der Waals surface area contributed by atoms with E-state index in [1.807, 2.05) is 14.0 Å². The van der Waals surface area contributed by atoms with Gasteiger partial charge in [-0.2, -0.15) is 0 Å². The summed E-state index contributed by atoms with van der Waals surface area (Å²) in [5, 5.41) is 8.93. The molecule has 1 heterocycles. The van der Waals surface area contributed by atoms with Crippen molar-refractivity contribution in [1.82, 2.24) is 14.7 Å². The van der Waals surface area contributed by atoms with Crippen LogP contribution in [0.25, 0.3) is 0 Å². The average molecular weight is 287 g/mol. The Morgan fingerprint density at radius 1 is 1.40 bits per heavy atom. The number of amides is 2. The summed E-state index contributed by atoms with van der Waals surface area (Å²) in [4.78, 5) is 28.7. The standard InChI is InChI=1S/C13H25N3O4/c1-11-9-14(2)5-4-6-16(11)13(19)15(7-8-20-3)10-12(17)18/h11H,4-10H2,1-3H3,(H,17,18). The normalized spacial score (nSPS) is 20.6. The lowest BCUT2D eigenvalue weighted by molar-refractivity contribution is -0.137. The van der Waals surface area contributed by atoms with Crippen LogP contribution in [-0.4, -0.2) is 91.3 Å². The monoisotopic (exact) mass is 287 g/mol. The minimum absolute atomic E-state index is 0.0776. The number of urea groups is 1. The zero-order chi connectivity index (χ0) is 15.1. The van der Waals surface area contributed by atoms with Crippen LogP contribution in [0, 0.1) is 0 Å². The molecule has 0 aromatic rings. The smallest absolute Gasteiger partial charge is 0.323 e. The third-order valence-corrected chi connectivity index (χ3v) is 3.45. The Hall–Kier alpha value is -1.34. The number of likely N-dealkylation sites (N-methyl/N-ethyl adjacent to an activating group) is 1. The fourth-order valence-electron chi connectivity index (χ4n) is 2.45. The van der Waals surface area contributed by atoms with Crippen molar-refractivity contribution in [3.05, 3.63) is 0 Å². The lowest BCUT2D eigenvalue weighted by Gasteiger charge is -2.33. The number of hydrogen-bond donors (Lipinski definition) is 1. The molecule has 0 aromatic carbocycles. The van der Waals surface area contributed by atoms with E-state index in [-0.39, 0.29) is 18.6 Å². The molecule has 0 aromatic heterocycles. The highest BCUT2D eigenvalue weighted by atomic mass is 16.5. The van der Waals surface area contributed by atoms with E-state index < -0.39 is 5.97 Å². The van der Waals surface area contributed by atoms with Crippen molar-refractivity contribution in [2.24, 2.45) is 0 Å². The summed E-state index contributed by atoms with van der Waals surface area (Å²) in [7, 11) is 3.57. The van der Waals surface area contributed by atoms with Gasteiger partial charge in [0, 0.05) is 32.8 Å². The zero-order valence-corrected chi connectivity index (χ0v) is 12.5. The predicted molar refractivity (Wildman–Crippen MR) is 74.8 cm³/mol. The number of rotatable bonds is 5. The van der Waals surface area contributed by atoms with Crippen molar-refractivity contribution in [3.8, 4) is 0 Å². The molecule has 7 heteroatoms. The van der Waals surface area contributed by atoms with Gasteiger partial charge < -0.3 is 24.5 Å². The molecule has 0 radical (unpaired) electrons. The lowest BCUT2D eigenvalue weighted by atomic mass is 10.3. The van der Waals surface area contributed by atoms with Gasteiger partial charge in [-0.25, -0.2) is 4.79 Å². The van der Waals surface area contributed by atoms with E-state index in [9.17, 15) is 9.59 Å². The molecule has 7 nitrogen and oxygen atoms in total. The predicted octanol–water partition coefficient (Wildman–Crippen LogP) is 0.165. The molecule has 0 spiro atoms. The van der Waals surface area contributed by atoms with E-state index in [0.717, 1.165) is 19.5 Å². The third-order valence-electron chi connectivity index (χ3n) is 3.45. The van der Waals surface area contributed by atoms with Crippen molar-refractivity contribution in [3.63, 3.8) is 0 Å². The minimum atomic E-state index is -1.01. The average Bonchev–Trinajstić information content (AvgIpc) is 2.54. The van der Waals surface area contributed by atoms with Crippen LogP contribution in [0.3, 0.4) is 0 Å². The molecular formula is C13H25N3O4. The number of carboxylic acids is 1. The number of methoxy groups -OCH3 is 1. The van der Waals surface area contributed by atoms with Crippen molar-refractivity contribution >= 4 is 12.0 Å². The Morgan fingerprint density at radius 3 is 2.70 bits per heavy atom. The van der Waals surface area contributed by atoms with Gasteiger partial charge in [-0.05, 0) is 26.9 Å². The van der Waals surface area contributed by atoms with Crippen LogP contribution < -0.4 is 0 Å². The second kappa shape index (κ2) is 8.06. The fourth-order valence-corrected chi connectivity index (χ4v) is 2.45. The number of carboxylic acid groups (broad SMARTS) is 1. The Morgan fingerprint density at radius 2 is 2.10 bits per heavy atom. The molecule has 0 aliphatic carbocycles. The highest BCUT2D eigenvalue weighted by Gasteiger charge is 2.28. The summed E-state index contributed by atoms with van der Waals surface area (Å²) in [6.07, 6.45) is 0.901. The Balaban J connectivity index is 2.72. The van der Waals surface area contributed by atoms with Gasteiger partial charge in [-0.15, -0.1) is 0 Å². The molecular weight excluding hydrogens is 262 g/mol. The Kier molecular flexibility index (Phi) is 6.74. The van der Waals surface area contributed by atoms with E-state index in [2.05, 4.69) is 4.90 Å². The van der Waals surface area contributed by atoms with Gasteiger partial charge in [0.25, 0.3) is 0 Å². The number of hydrogen-bond acceptors (Lipinski definition) is 4. The molecule has 1 N–H and O–H groups in total. The van der Waals surface area contributed by atoms with Crippen molar-refractivity contribution < 1.29 is 19.4 Å². The number of aliphatic carboxylic acids is 1. The maximum atomic E-state index is 12.5. The summed E-state index contributed by atoms with van der Waals surface area (Å²) in [5.74, 6) is -1.01. The first kappa shape index (κ1) is 16.7. The van der Waals surface area contributed by atoms with Gasteiger partial charge in [0.15, 0.2) is 0 Å². The molecule has 1 atom stereocenters. The van der Waals surface area contributed by atoms with E-state index in [1.54, 1.807) is 4.90 Å². The van der Waals surface area contributed by atoms with Crippen molar-refractivity contribution in [1.29, 1.82) is 0 Å². The van der Waals surface area contributed by atoms with Crippen molar-refractivity contribution in [2.45, 2.75) is 19.4 Å². The molecule has 20 heavy (non-hydrogen) atoms. The summed E-state index contributed by atoms with van der Waals surface area (Å²) in [6.45, 7) is 4.74. The van der Waals surface area contributed by atoms with Gasteiger partial charge in [-0.1, -0.05) is 0 Å². The molecule has 0 saturated carbocycles. The summed E-state index contributed by atoms with van der Waals surface area (Å²) < 4.78 is 4.95. The first-order valence-electron chi connectivity index (χ1n) is 6.90. The van der Waals surface area contributed by atoms with Crippen LogP contribution in [0.1, 0.15) is 13.3 Å². The summed E-state index contributed by atoms with van der Waals surface area (Å²) in [5.41, 5.74) is 0. The van der Waals surface area contributed by atoms with Crippen LogP contribution in [-0.2, 0) is 9.53 Å². The van der Waals surface area contributed by atoms with Gasteiger partial charge in [0.1, 0.15) is 6.54 Å². The molecule has 1 fully saturated rings. The van der Waals surface area contributed by atoms with Gasteiger partial charge in [-0.3, -0.25) is 4.79 Å². The van der Waals surface area contributed by atoms with E-state index >= 15 is 0 Å². The number of carbonyl (C=O) groups excluding carboxylic acids is 1. The highest BCUT2D eigenvalue weighted by molar-refractivity contribution is 5.80. The molecule has 1 rings (SSSR count). The minimum Gasteiger partial charge on any atom is -0.480 e. The highest BCUT2D eigenvalue weighted by Crippen LogP contribution is 2.11. The fraction of sp³-hybridized carbons (Fsp3) is 0.846. The number of carbonyl (C=O) groups is 2. The topological polar surface area (TPSA) is 73.3 Å². The van der Waals surface area contributed by atoms with Gasteiger partial charge in [0.2, 0.25) is 0 Å². The maximum absolute atomic E-state index is 12.5. The third kappa shape index (κ3) is 4.97. The second-order valence-corrected chi connectivity index (χ2v) is 5.25. The van der Waals surface area contributed by atoms with Gasteiger partial charge in [0.05, 0.1) is 6.61 Å². The molecule has 1 unspecified atom stereocenters. The maximum Gasteiger partial charge on any atom is 0.323 e. The van der Waals surface area contributed by atoms with Crippen LogP contribution in [0.2, 0.25) is 0 Å². The zero-order valence-electron chi connectivity index (χ0n) is 12.5. The number of nitrogens with zero attached hydrogens (tertiary/aromatic N) is 3. The summed E-state index contributed by atoms with van der Waals surface area (Å²) >= 11 is 0. The Bertz CT molecular complexity index is 338. The van der Waals surface area contributed by atoms with Gasteiger partial charge >= 0.3 is 12.0 Å². The van der Waals surface area contributed by atoms with Crippen LogP contribution in [0.5, 0.6) is 0 Å². The van der Waals surface area contributed by atoms with E-state index in [0.29, 0.717) is 19.7 Å². The first-order valence-corrected chi connectivity index (χ1v) is 6.90. The summed E-state index contributed by atoms with van der Waals surface area (Å²) in [6, 6.07) is -0.138. The van der Waals surface area contributed by atoms with Crippen LogP contribution in [0.4, 0.5) is 4.79 Å². The number of ether oxygens (including phenoxy) is 1. The lowest BCUT2D eigenvalue weighted by Crippen LogP contribution is -2.51. The molecule has 1 aliphatic heterocycles. The molecule has 2 amide bonds. The molecule has 1 aliphatic rings. The molecule has 0 bridgehead atoms. The Labute approximate surface area is 120 Å². The first-order chi connectivity index (χ1) is 9.45.